The van der Waals surface area contributed by atoms with Crippen molar-refractivity contribution in [3.63, 3.8) is 0 Å². The van der Waals surface area contributed by atoms with Crippen molar-refractivity contribution in [2.75, 3.05) is 0 Å². The molecule has 16 heavy (non-hydrogen) atoms. The van der Waals surface area contributed by atoms with Gasteiger partial charge >= 0.3 is 0 Å². The van der Waals surface area contributed by atoms with Gasteiger partial charge in [0.1, 0.15) is 12.6 Å². The van der Waals surface area contributed by atoms with Gasteiger partial charge in [-0.05, 0) is 13.8 Å². The van der Waals surface area contributed by atoms with Gasteiger partial charge in [-0.15, -0.1) is 0 Å². The molecule has 0 rings (SSSR count). The van der Waals surface area contributed by atoms with Gasteiger partial charge in [0.25, 0.3) is 0 Å². The molecule has 0 bridgehead atoms. The molecule has 6 nitrogen and oxygen atoms in total. The van der Waals surface area contributed by atoms with E-state index in [4.69, 9.17) is 10.5 Å². The summed E-state index contributed by atoms with van der Waals surface area (Å²) in [5.74, 6) is 0. The van der Waals surface area contributed by atoms with Crippen LogP contribution in [0.3, 0.4) is 0 Å². The first-order valence-electron chi connectivity index (χ1n) is 4.59. The van der Waals surface area contributed by atoms with Crippen molar-refractivity contribution >= 4 is 12.6 Å². The smallest absolute Gasteiger partial charge is 0.171 e. The first-order valence-corrected chi connectivity index (χ1v) is 4.59. The SMILES string of the molecule is CC(C#N)(CC=O)N=NC(C)(C#N)CC=O. The van der Waals surface area contributed by atoms with Crippen molar-refractivity contribution in [3.8, 4) is 12.1 Å². The molecule has 2 atom stereocenters. The van der Waals surface area contributed by atoms with Crippen LogP contribution >= 0.6 is 0 Å². The minimum atomic E-state index is -1.28. The molecule has 0 aromatic heterocycles. The second-order valence-electron chi connectivity index (χ2n) is 3.71. The van der Waals surface area contributed by atoms with Crippen LogP contribution in [-0.4, -0.2) is 23.7 Å². The van der Waals surface area contributed by atoms with E-state index in [2.05, 4.69) is 10.2 Å². The summed E-state index contributed by atoms with van der Waals surface area (Å²) in [5, 5.41) is 25.0. The number of carbonyl (C=O) groups is 2. The van der Waals surface area contributed by atoms with Gasteiger partial charge in [0.15, 0.2) is 11.1 Å². The Hall–Kier alpha value is -2.08. The molecule has 0 heterocycles. The van der Waals surface area contributed by atoms with Crippen molar-refractivity contribution in [3.05, 3.63) is 0 Å². The Labute approximate surface area is 93.6 Å². The fourth-order valence-electron chi connectivity index (χ4n) is 0.763. The van der Waals surface area contributed by atoms with Crippen LogP contribution in [-0.2, 0) is 9.59 Å². The second kappa shape index (κ2) is 5.72. The van der Waals surface area contributed by atoms with E-state index >= 15 is 0 Å². The zero-order valence-electron chi connectivity index (χ0n) is 9.17. The molecular weight excluding hydrogens is 208 g/mol. The van der Waals surface area contributed by atoms with E-state index in [1.54, 1.807) is 0 Å². The first-order chi connectivity index (χ1) is 7.45. The molecular formula is C10H12N4O2. The van der Waals surface area contributed by atoms with Gasteiger partial charge in [0, 0.05) is 12.8 Å². The molecule has 0 spiro atoms. The van der Waals surface area contributed by atoms with E-state index in [1.807, 2.05) is 12.1 Å². The number of hydrogen-bond donors (Lipinski definition) is 0. The Morgan fingerprint density at radius 2 is 1.31 bits per heavy atom. The number of hydrogen-bond acceptors (Lipinski definition) is 6. The lowest BCUT2D eigenvalue weighted by Gasteiger charge is -2.15. The summed E-state index contributed by atoms with van der Waals surface area (Å²) < 4.78 is 0. The topological polar surface area (TPSA) is 106 Å². The summed E-state index contributed by atoms with van der Waals surface area (Å²) in [5.41, 5.74) is -2.55. The molecule has 0 aromatic rings. The highest BCUT2D eigenvalue weighted by Gasteiger charge is 2.27. The molecule has 0 N–H and O–H groups in total. The van der Waals surface area contributed by atoms with Crippen LogP contribution in [0.15, 0.2) is 10.2 Å². The molecule has 0 aromatic carbocycles. The fraction of sp³-hybridized carbons (Fsp3) is 0.600. The number of carbonyl (C=O) groups excluding carboxylic acids is 2. The molecule has 0 aliphatic heterocycles. The van der Waals surface area contributed by atoms with E-state index in [9.17, 15) is 9.59 Å². The molecule has 84 valence electrons. The molecule has 0 fully saturated rings. The van der Waals surface area contributed by atoms with E-state index in [0.717, 1.165) is 0 Å². The number of nitrogens with zero attached hydrogens (tertiary/aromatic N) is 4. The van der Waals surface area contributed by atoms with Crippen LogP contribution < -0.4 is 0 Å². The van der Waals surface area contributed by atoms with E-state index in [-0.39, 0.29) is 12.8 Å². The molecule has 0 aliphatic carbocycles. The van der Waals surface area contributed by atoms with Gasteiger partial charge in [-0.3, -0.25) is 0 Å². The molecule has 6 heteroatoms. The molecule has 0 saturated carbocycles. The third-order valence-electron chi connectivity index (χ3n) is 1.93. The Morgan fingerprint density at radius 1 is 1.00 bits per heavy atom. The zero-order valence-corrected chi connectivity index (χ0v) is 9.17. The van der Waals surface area contributed by atoms with E-state index in [0.29, 0.717) is 12.6 Å². The molecule has 0 aliphatic rings. The quantitative estimate of drug-likeness (QED) is 0.494. The van der Waals surface area contributed by atoms with E-state index in [1.165, 1.54) is 13.8 Å². The molecule has 2 unspecified atom stereocenters. The summed E-state index contributed by atoms with van der Waals surface area (Å²) in [6.45, 7) is 2.87. The maximum atomic E-state index is 10.3. The predicted octanol–water partition coefficient (Wildman–Crippen LogP) is 1.18. The van der Waals surface area contributed by atoms with Crippen LogP contribution in [0.1, 0.15) is 26.7 Å². The summed E-state index contributed by atoms with van der Waals surface area (Å²) in [4.78, 5) is 20.7. The maximum absolute atomic E-state index is 10.3. The van der Waals surface area contributed by atoms with Gasteiger partial charge in [0.2, 0.25) is 0 Å². The Balaban J connectivity index is 4.94. The number of aldehydes is 2. The molecule has 0 amide bonds. The summed E-state index contributed by atoms with van der Waals surface area (Å²) >= 11 is 0. The van der Waals surface area contributed by atoms with Crippen LogP contribution in [0.5, 0.6) is 0 Å². The fourth-order valence-corrected chi connectivity index (χ4v) is 0.763. The zero-order chi connectivity index (χ0) is 12.7. The van der Waals surface area contributed by atoms with Gasteiger partial charge in [-0.1, -0.05) is 0 Å². The minimum absolute atomic E-state index is 0.102. The molecule has 0 radical (unpaired) electrons. The number of rotatable bonds is 6. The average molecular weight is 220 g/mol. The van der Waals surface area contributed by atoms with E-state index < -0.39 is 11.1 Å². The third-order valence-corrected chi connectivity index (χ3v) is 1.93. The molecule has 0 saturated heterocycles. The summed E-state index contributed by atoms with van der Waals surface area (Å²) in [7, 11) is 0. The summed E-state index contributed by atoms with van der Waals surface area (Å²) in [6, 6.07) is 3.66. The third kappa shape index (κ3) is 3.97. The van der Waals surface area contributed by atoms with Crippen molar-refractivity contribution in [2.24, 2.45) is 10.2 Å². The minimum Gasteiger partial charge on any atom is -0.303 e. The van der Waals surface area contributed by atoms with Gasteiger partial charge in [0.05, 0.1) is 12.1 Å². The lowest BCUT2D eigenvalue weighted by molar-refractivity contribution is -0.109. The van der Waals surface area contributed by atoms with Crippen molar-refractivity contribution in [2.45, 2.75) is 37.8 Å². The van der Waals surface area contributed by atoms with Crippen molar-refractivity contribution < 1.29 is 9.59 Å². The van der Waals surface area contributed by atoms with Crippen molar-refractivity contribution in [1.82, 2.24) is 0 Å². The Kier molecular flexibility index (Phi) is 4.97. The van der Waals surface area contributed by atoms with Gasteiger partial charge in [-0.25, -0.2) is 0 Å². The van der Waals surface area contributed by atoms with Crippen LogP contribution in [0, 0.1) is 22.7 Å². The lowest BCUT2D eigenvalue weighted by atomic mass is 10.0. The Morgan fingerprint density at radius 3 is 1.50 bits per heavy atom. The standard InChI is InChI=1S/C10H12N4O2/c1-9(7-11,3-5-15)13-14-10(2,8-12)4-6-16/h5-6H,3-4H2,1-2H3. The van der Waals surface area contributed by atoms with Crippen LogP contribution in [0.25, 0.3) is 0 Å². The lowest BCUT2D eigenvalue weighted by Crippen LogP contribution is -2.24. The van der Waals surface area contributed by atoms with Crippen molar-refractivity contribution in [1.29, 1.82) is 10.5 Å². The summed E-state index contributed by atoms with van der Waals surface area (Å²) in [6.07, 6.45) is 0.919. The first kappa shape index (κ1) is 13.9. The predicted molar refractivity (Wildman–Crippen MR) is 54.3 cm³/mol. The van der Waals surface area contributed by atoms with Crippen LogP contribution in [0.4, 0.5) is 0 Å². The second-order valence-corrected chi connectivity index (χ2v) is 3.71. The highest BCUT2D eigenvalue weighted by Crippen LogP contribution is 2.19. The normalized spacial score (nSPS) is 17.8. The monoisotopic (exact) mass is 220 g/mol. The average Bonchev–Trinajstić information content (AvgIpc) is 2.27. The highest BCUT2D eigenvalue weighted by atomic mass is 16.1. The van der Waals surface area contributed by atoms with Gasteiger partial charge < -0.3 is 9.59 Å². The highest BCUT2D eigenvalue weighted by molar-refractivity contribution is 5.54. The number of azo groups is 1. The van der Waals surface area contributed by atoms with Gasteiger partial charge in [-0.2, -0.15) is 20.8 Å². The Bertz CT molecular complexity index is 343. The number of nitriles is 2. The largest absolute Gasteiger partial charge is 0.303 e. The maximum Gasteiger partial charge on any atom is 0.171 e. The van der Waals surface area contributed by atoms with Crippen LogP contribution in [0.2, 0.25) is 0 Å².